The van der Waals surface area contributed by atoms with E-state index in [2.05, 4.69) is 10.2 Å². The number of hydrogen-bond donors (Lipinski definition) is 2. The minimum absolute atomic E-state index is 0.106. The maximum Gasteiger partial charge on any atom is 0.228 e. The summed E-state index contributed by atoms with van der Waals surface area (Å²) in [6.45, 7) is 0.297. The lowest BCUT2D eigenvalue weighted by Gasteiger charge is -2.07. The van der Waals surface area contributed by atoms with Gasteiger partial charge in [-0.25, -0.2) is 10.3 Å². The van der Waals surface area contributed by atoms with Crippen LogP contribution in [0.1, 0.15) is 11.1 Å². The molecular formula is C10H11FN2O2. The Labute approximate surface area is 86.2 Å². The number of nitrogens with one attached hydrogen (secondary N) is 1. The van der Waals surface area contributed by atoms with Gasteiger partial charge in [0, 0.05) is 5.69 Å². The third-order valence-electron chi connectivity index (χ3n) is 2.37. The lowest BCUT2D eigenvalue weighted by Crippen LogP contribution is -2.08. The fourth-order valence-electron chi connectivity index (χ4n) is 1.75. The lowest BCUT2D eigenvalue weighted by atomic mass is 10.0. The molecule has 0 aromatic heterocycles. The van der Waals surface area contributed by atoms with E-state index in [4.69, 9.17) is 5.90 Å². The minimum Gasteiger partial charge on any atom is -0.325 e. The second kappa shape index (κ2) is 3.96. The molecule has 0 radical (unpaired) electrons. The first-order chi connectivity index (χ1) is 7.20. The number of nitrogens with two attached hydrogens (primary N) is 1. The highest BCUT2D eigenvalue weighted by molar-refractivity contribution is 6.00. The Morgan fingerprint density at radius 2 is 2.33 bits per heavy atom. The van der Waals surface area contributed by atoms with Gasteiger partial charge in [0.25, 0.3) is 0 Å². The zero-order chi connectivity index (χ0) is 10.8. The number of halogens is 1. The van der Waals surface area contributed by atoms with Crippen LogP contribution in [0.15, 0.2) is 12.1 Å². The van der Waals surface area contributed by atoms with Gasteiger partial charge in [-0.1, -0.05) is 0 Å². The Bertz CT molecular complexity index is 407. The van der Waals surface area contributed by atoms with Crippen molar-refractivity contribution in [2.24, 2.45) is 5.90 Å². The zero-order valence-electron chi connectivity index (χ0n) is 8.05. The van der Waals surface area contributed by atoms with Crippen molar-refractivity contribution in [3.63, 3.8) is 0 Å². The smallest absolute Gasteiger partial charge is 0.228 e. The molecule has 80 valence electrons. The van der Waals surface area contributed by atoms with E-state index in [9.17, 15) is 9.18 Å². The van der Waals surface area contributed by atoms with Crippen molar-refractivity contribution in [1.82, 2.24) is 0 Å². The fraction of sp³-hybridized carbons (Fsp3) is 0.300. The van der Waals surface area contributed by atoms with E-state index in [1.165, 1.54) is 12.1 Å². The first-order valence-corrected chi connectivity index (χ1v) is 4.63. The third-order valence-corrected chi connectivity index (χ3v) is 2.37. The predicted octanol–water partition coefficient (Wildman–Crippen LogP) is 0.753. The molecule has 0 aliphatic carbocycles. The van der Waals surface area contributed by atoms with Gasteiger partial charge in [0.1, 0.15) is 5.82 Å². The SMILES string of the molecule is NOCCc1cc(F)cc2c1NC(=O)C2. The summed E-state index contributed by atoms with van der Waals surface area (Å²) in [6.07, 6.45) is 0.723. The van der Waals surface area contributed by atoms with Crippen molar-refractivity contribution < 1.29 is 14.0 Å². The highest BCUT2D eigenvalue weighted by Gasteiger charge is 2.21. The van der Waals surface area contributed by atoms with Crippen LogP contribution < -0.4 is 11.2 Å². The molecule has 1 aliphatic rings. The summed E-state index contributed by atoms with van der Waals surface area (Å²) in [6, 6.07) is 2.77. The molecule has 0 saturated heterocycles. The maximum atomic E-state index is 13.2. The molecule has 5 heteroatoms. The quantitative estimate of drug-likeness (QED) is 0.724. The number of carbonyl (C=O) groups is 1. The van der Waals surface area contributed by atoms with Crippen molar-refractivity contribution >= 4 is 11.6 Å². The van der Waals surface area contributed by atoms with Gasteiger partial charge >= 0.3 is 0 Å². The van der Waals surface area contributed by atoms with Crippen LogP contribution in [0.4, 0.5) is 10.1 Å². The molecule has 1 aliphatic heterocycles. The molecule has 1 aromatic carbocycles. The van der Waals surface area contributed by atoms with E-state index in [1.807, 2.05) is 0 Å². The molecule has 15 heavy (non-hydrogen) atoms. The molecule has 0 bridgehead atoms. The lowest BCUT2D eigenvalue weighted by molar-refractivity contribution is -0.115. The van der Waals surface area contributed by atoms with Crippen molar-refractivity contribution in [1.29, 1.82) is 0 Å². The molecule has 0 unspecified atom stereocenters. The van der Waals surface area contributed by atoms with Gasteiger partial charge in [-0.05, 0) is 29.7 Å². The monoisotopic (exact) mass is 210 g/mol. The van der Waals surface area contributed by atoms with Crippen molar-refractivity contribution in [2.75, 3.05) is 11.9 Å². The number of rotatable bonds is 3. The van der Waals surface area contributed by atoms with Gasteiger partial charge < -0.3 is 10.2 Å². The fourth-order valence-corrected chi connectivity index (χ4v) is 1.75. The molecular weight excluding hydrogens is 199 g/mol. The topological polar surface area (TPSA) is 64.3 Å². The van der Waals surface area contributed by atoms with E-state index >= 15 is 0 Å². The number of carbonyl (C=O) groups excluding carboxylic acids is 1. The number of hydrogen-bond acceptors (Lipinski definition) is 3. The Morgan fingerprint density at radius 1 is 1.53 bits per heavy atom. The number of anilines is 1. The Balaban J connectivity index is 2.34. The van der Waals surface area contributed by atoms with Crippen molar-refractivity contribution in [2.45, 2.75) is 12.8 Å². The minimum atomic E-state index is -0.336. The van der Waals surface area contributed by atoms with Crippen LogP contribution in [-0.4, -0.2) is 12.5 Å². The van der Waals surface area contributed by atoms with Gasteiger partial charge in [0.2, 0.25) is 5.91 Å². The summed E-state index contributed by atoms with van der Waals surface area (Å²) in [4.78, 5) is 15.6. The third kappa shape index (κ3) is 1.98. The second-order valence-corrected chi connectivity index (χ2v) is 3.44. The maximum absolute atomic E-state index is 13.2. The standard InChI is InChI=1S/C10H11FN2O2/c11-8-3-6(1-2-15-12)10-7(4-8)5-9(14)13-10/h3-4H,1-2,5,12H2,(H,13,14). The summed E-state index contributed by atoms with van der Waals surface area (Å²) in [7, 11) is 0. The molecule has 1 aromatic rings. The van der Waals surface area contributed by atoms with Crippen molar-refractivity contribution in [3.05, 3.63) is 29.1 Å². The average molecular weight is 210 g/mol. The Hall–Kier alpha value is -1.46. The van der Waals surface area contributed by atoms with Gasteiger partial charge in [0.05, 0.1) is 13.0 Å². The molecule has 3 N–H and O–H groups in total. The first-order valence-electron chi connectivity index (χ1n) is 4.63. The Kier molecular flexibility index (Phi) is 2.66. The van der Waals surface area contributed by atoms with E-state index in [-0.39, 0.29) is 18.1 Å². The van der Waals surface area contributed by atoms with Crippen LogP contribution in [0, 0.1) is 5.82 Å². The summed E-state index contributed by atoms with van der Waals surface area (Å²) in [5.74, 6) is 4.46. The van der Waals surface area contributed by atoms with Gasteiger partial charge in [-0.15, -0.1) is 0 Å². The summed E-state index contributed by atoms with van der Waals surface area (Å²) < 4.78 is 13.2. The summed E-state index contributed by atoms with van der Waals surface area (Å²) >= 11 is 0. The van der Waals surface area contributed by atoms with Gasteiger partial charge in [0.15, 0.2) is 0 Å². The summed E-state index contributed by atoms with van der Waals surface area (Å²) in [5.41, 5.74) is 2.13. The number of fused-ring (bicyclic) bond motifs is 1. The van der Waals surface area contributed by atoms with E-state index in [0.29, 0.717) is 24.3 Å². The highest BCUT2D eigenvalue weighted by atomic mass is 19.1. The van der Waals surface area contributed by atoms with Crippen LogP contribution in [0.2, 0.25) is 0 Å². The molecule has 1 heterocycles. The molecule has 0 spiro atoms. The molecule has 2 rings (SSSR count). The molecule has 4 nitrogen and oxygen atoms in total. The molecule has 1 amide bonds. The molecule has 0 fully saturated rings. The molecule has 0 atom stereocenters. The van der Waals surface area contributed by atoms with E-state index in [1.54, 1.807) is 0 Å². The van der Waals surface area contributed by atoms with E-state index < -0.39 is 0 Å². The zero-order valence-corrected chi connectivity index (χ0v) is 8.05. The van der Waals surface area contributed by atoms with Crippen LogP contribution >= 0.6 is 0 Å². The summed E-state index contributed by atoms with van der Waals surface area (Å²) in [5, 5.41) is 2.70. The molecule has 0 saturated carbocycles. The first kappa shape index (κ1) is 10.1. The second-order valence-electron chi connectivity index (χ2n) is 3.44. The van der Waals surface area contributed by atoms with Gasteiger partial charge in [-0.2, -0.15) is 0 Å². The van der Waals surface area contributed by atoms with Crippen LogP contribution in [0.3, 0.4) is 0 Å². The van der Waals surface area contributed by atoms with E-state index in [0.717, 1.165) is 5.56 Å². The predicted molar refractivity (Wildman–Crippen MR) is 52.6 cm³/mol. The Morgan fingerprint density at radius 3 is 3.07 bits per heavy atom. The average Bonchev–Trinajstić information content (AvgIpc) is 2.54. The number of benzene rings is 1. The van der Waals surface area contributed by atoms with Crippen LogP contribution in [-0.2, 0) is 22.5 Å². The van der Waals surface area contributed by atoms with Crippen LogP contribution in [0.25, 0.3) is 0 Å². The number of amides is 1. The van der Waals surface area contributed by atoms with Gasteiger partial charge in [-0.3, -0.25) is 4.79 Å². The van der Waals surface area contributed by atoms with Crippen molar-refractivity contribution in [3.8, 4) is 0 Å². The van der Waals surface area contributed by atoms with Crippen LogP contribution in [0.5, 0.6) is 0 Å². The highest BCUT2D eigenvalue weighted by Crippen LogP contribution is 2.28. The normalized spacial score (nSPS) is 13.9. The largest absolute Gasteiger partial charge is 0.325 e.